The molecule has 2 aliphatic rings. The highest BCUT2D eigenvalue weighted by Crippen LogP contribution is 2.47. The second-order valence-electron chi connectivity index (χ2n) is 6.96. The summed E-state index contributed by atoms with van der Waals surface area (Å²) in [6.45, 7) is 0.786. The van der Waals surface area contributed by atoms with Crippen molar-refractivity contribution < 1.29 is 4.52 Å². The van der Waals surface area contributed by atoms with E-state index in [1.54, 1.807) is 0 Å². The molecule has 2 heterocycles. The third kappa shape index (κ3) is 2.61. The van der Waals surface area contributed by atoms with Gasteiger partial charge in [0.15, 0.2) is 5.82 Å². The van der Waals surface area contributed by atoms with E-state index >= 15 is 0 Å². The molecule has 2 aromatic carbocycles. The molecule has 5 nitrogen and oxygen atoms in total. The summed E-state index contributed by atoms with van der Waals surface area (Å²) in [6.07, 6.45) is 3.71. The van der Waals surface area contributed by atoms with Crippen molar-refractivity contribution in [3.05, 3.63) is 60.2 Å². The topological polar surface area (TPSA) is 68.2 Å². The maximum Gasteiger partial charge on any atom is 0.228 e. The summed E-state index contributed by atoms with van der Waals surface area (Å²) in [5, 5.41) is 4.13. The van der Waals surface area contributed by atoms with Gasteiger partial charge in [-0.05, 0) is 43.5 Å². The van der Waals surface area contributed by atoms with Crippen LogP contribution in [0.3, 0.4) is 0 Å². The second kappa shape index (κ2) is 6.14. The standard InChI is InChI=1S/C20H20N4OS/c21-20(11-5-12-20)19-22-18(25-23-19)10-13-24-14-6-1-3-8-16(14)26-17-9-4-2-7-15(17)24/h1-4,6-9H,5,10-13,21H2. The number of hydrogen-bond donors (Lipinski definition) is 1. The lowest BCUT2D eigenvalue weighted by Crippen LogP contribution is -2.44. The van der Waals surface area contributed by atoms with Crippen molar-refractivity contribution in [3.8, 4) is 0 Å². The molecule has 1 aliphatic heterocycles. The molecular weight excluding hydrogens is 344 g/mol. The molecule has 0 atom stereocenters. The van der Waals surface area contributed by atoms with Gasteiger partial charge in [-0.25, -0.2) is 0 Å². The Morgan fingerprint density at radius 2 is 1.69 bits per heavy atom. The monoisotopic (exact) mass is 364 g/mol. The first-order chi connectivity index (χ1) is 12.7. The molecule has 1 aromatic heterocycles. The van der Waals surface area contributed by atoms with Crippen LogP contribution in [0.25, 0.3) is 0 Å². The van der Waals surface area contributed by atoms with Gasteiger partial charge in [-0.1, -0.05) is 41.2 Å². The second-order valence-corrected chi connectivity index (χ2v) is 8.04. The highest BCUT2D eigenvalue weighted by Gasteiger charge is 2.39. The predicted octanol–water partition coefficient (Wildman–Crippen LogP) is 4.25. The number of fused-ring (bicyclic) bond motifs is 2. The summed E-state index contributed by atoms with van der Waals surface area (Å²) in [4.78, 5) is 9.45. The summed E-state index contributed by atoms with van der Waals surface area (Å²) < 4.78 is 5.48. The number of benzene rings is 2. The molecule has 26 heavy (non-hydrogen) atoms. The van der Waals surface area contributed by atoms with Gasteiger partial charge < -0.3 is 15.2 Å². The third-order valence-corrected chi connectivity index (χ3v) is 6.37. The van der Waals surface area contributed by atoms with Crippen LogP contribution in [0.4, 0.5) is 11.4 Å². The van der Waals surface area contributed by atoms with Crippen molar-refractivity contribution in [2.75, 3.05) is 11.4 Å². The van der Waals surface area contributed by atoms with E-state index in [-0.39, 0.29) is 5.54 Å². The lowest BCUT2D eigenvalue weighted by molar-refractivity contribution is 0.229. The lowest BCUT2D eigenvalue weighted by Gasteiger charge is -2.34. The number of para-hydroxylation sites is 2. The summed E-state index contributed by atoms with van der Waals surface area (Å²) in [7, 11) is 0. The summed E-state index contributed by atoms with van der Waals surface area (Å²) in [6, 6.07) is 17.0. The van der Waals surface area contributed by atoms with Crippen molar-refractivity contribution in [3.63, 3.8) is 0 Å². The van der Waals surface area contributed by atoms with Gasteiger partial charge in [0, 0.05) is 22.8 Å². The number of aromatic nitrogens is 2. The molecule has 0 radical (unpaired) electrons. The number of hydrogen-bond acceptors (Lipinski definition) is 6. The smallest absolute Gasteiger partial charge is 0.228 e. The first-order valence-electron chi connectivity index (χ1n) is 8.98. The van der Waals surface area contributed by atoms with E-state index in [2.05, 4.69) is 63.6 Å². The van der Waals surface area contributed by atoms with Crippen molar-refractivity contribution in [2.45, 2.75) is 41.0 Å². The van der Waals surface area contributed by atoms with E-state index < -0.39 is 0 Å². The van der Waals surface area contributed by atoms with Crippen LogP contribution < -0.4 is 10.6 Å². The van der Waals surface area contributed by atoms with E-state index in [0.717, 1.165) is 25.8 Å². The normalized spacial score (nSPS) is 17.3. The van der Waals surface area contributed by atoms with Gasteiger partial charge in [0.1, 0.15) is 0 Å². The Labute approximate surface area is 156 Å². The van der Waals surface area contributed by atoms with E-state index in [9.17, 15) is 0 Å². The molecule has 2 N–H and O–H groups in total. The largest absolute Gasteiger partial charge is 0.339 e. The maximum atomic E-state index is 6.30. The van der Waals surface area contributed by atoms with Crippen LogP contribution in [0.2, 0.25) is 0 Å². The van der Waals surface area contributed by atoms with Gasteiger partial charge in [-0.15, -0.1) is 0 Å². The zero-order valence-corrected chi connectivity index (χ0v) is 15.2. The van der Waals surface area contributed by atoms with Crippen LogP contribution in [0.1, 0.15) is 31.0 Å². The molecule has 0 amide bonds. The quantitative estimate of drug-likeness (QED) is 0.746. The van der Waals surface area contributed by atoms with Crippen LogP contribution in [0, 0.1) is 0 Å². The van der Waals surface area contributed by atoms with E-state index in [1.807, 2.05) is 11.8 Å². The van der Waals surface area contributed by atoms with Crippen molar-refractivity contribution in [1.82, 2.24) is 10.1 Å². The summed E-state index contributed by atoms with van der Waals surface area (Å²) in [5.74, 6) is 1.32. The Balaban J connectivity index is 1.40. The Morgan fingerprint density at radius 1 is 1.04 bits per heavy atom. The number of rotatable bonds is 4. The molecule has 0 spiro atoms. The summed E-state index contributed by atoms with van der Waals surface area (Å²) >= 11 is 1.82. The lowest BCUT2D eigenvalue weighted by atomic mass is 9.77. The Hall–Kier alpha value is -2.31. The van der Waals surface area contributed by atoms with Gasteiger partial charge in [0.05, 0.1) is 16.9 Å². The average molecular weight is 364 g/mol. The first kappa shape index (κ1) is 15.9. The van der Waals surface area contributed by atoms with Crippen LogP contribution in [-0.4, -0.2) is 16.7 Å². The zero-order chi connectivity index (χ0) is 17.6. The van der Waals surface area contributed by atoms with Gasteiger partial charge in [0.2, 0.25) is 5.89 Å². The SMILES string of the molecule is NC1(c2noc(CCN3c4ccccc4Sc4ccccc43)n2)CCC1. The maximum absolute atomic E-state index is 6.30. The highest BCUT2D eigenvalue weighted by atomic mass is 32.2. The van der Waals surface area contributed by atoms with Crippen molar-refractivity contribution in [1.29, 1.82) is 0 Å². The number of nitrogens with zero attached hydrogens (tertiary/aromatic N) is 3. The number of nitrogens with two attached hydrogens (primary N) is 1. The minimum absolute atomic E-state index is 0.372. The molecule has 1 aliphatic carbocycles. The fraction of sp³-hybridized carbons (Fsp3) is 0.300. The Morgan fingerprint density at radius 3 is 2.31 bits per heavy atom. The van der Waals surface area contributed by atoms with Crippen LogP contribution >= 0.6 is 11.8 Å². The fourth-order valence-corrected chi connectivity index (χ4v) is 4.67. The number of anilines is 2. The predicted molar refractivity (Wildman–Crippen MR) is 102 cm³/mol. The Bertz CT molecular complexity index is 905. The van der Waals surface area contributed by atoms with Crippen LogP contribution in [0.15, 0.2) is 62.8 Å². The van der Waals surface area contributed by atoms with Crippen LogP contribution in [0.5, 0.6) is 0 Å². The molecule has 5 rings (SSSR count). The molecule has 1 fully saturated rings. The van der Waals surface area contributed by atoms with Gasteiger partial charge >= 0.3 is 0 Å². The minimum Gasteiger partial charge on any atom is -0.339 e. The molecule has 0 unspecified atom stereocenters. The molecule has 6 heteroatoms. The van der Waals surface area contributed by atoms with Gasteiger partial charge in [-0.3, -0.25) is 0 Å². The molecule has 3 aromatic rings. The highest BCUT2D eigenvalue weighted by molar-refractivity contribution is 7.99. The fourth-order valence-electron chi connectivity index (χ4n) is 3.57. The third-order valence-electron chi connectivity index (χ3n) is 5.24. The van der Waals surface area contributed by atoms with E-state index in [4.69, 9.17) is 10.3 Å². The van der Waals surface area contributed by atoms with Crippen molar-refractivity contribution >= 4 is 23.1 Å². The minimum atomic E-state index is -0.372. The van der Waals surface area contributed by atoms with E-state index in [0.29, 0.717) is 18.1 Å². The first-order valence-corrected chi connectivity index (χ1v) is 9.80. The molecule has 132 valence electrons. The Kier molecular flexibility index (Phi) is 3.76. The van der Waals surface area contributed by atoms with Crippen molar-refractivity contribution in [2.24, 2.45) is 5.73 Å². The van der Waals surface area contributed by atoms with Crippen LogP contribution in [-0.2, 0) is 12.0 Å². The average Bonchev–Trinajstić information content (AvgIpc) is 3.12. The molecule has 0 saturated heterocycles. The molecule has 1 saturated carbocycles. The van der Waals surface area contributed by atoms with Gasteiger partial charge in [0.25, 0.3) is 0 Å². The van der Waals surface area contributed by atoms with Gasteiger partial charge in [-0.2, -0.15) is 4.98 Å². The van der Waals surface area contributed by atoms with E-state index in [1.165, 1.54) is 21.2 Å². The molecule has 0 bridgehead atoms. The zero-order valence-electron chi connectivity index (χ0n) is 14.4. The molecular formula is C20H20N4OS. The summed E-state index contributed by atoms with van der Waals surface area (Å²) in [5.41, 5.74) is 8.39.